The molecule has 1 amide bonds. The van der Waals surface area contributed by atoms with E-state index in [1.54, 1.807) is 26.4 Å². The Kier molecular flexibility index (Phi) is 4.42. The Balaban J connectivity index is 2.30. The van der Waals surface area contributed by atoms with Crippen LogP contribution in [0.4, 0.5) is 5.69 Å². The molecule has 1 aliphatic rings. The number of amides is 1. The minimum atomic E-state index is -0.0428. The predicted octanol–water partition coefficient (Wildman–Crippen LogP) is 1.48. The number of hydrogen-bond acceptors (Lipinski definition) is 5. The molecule has 1 fully saturated rings. The molecule has 1 aromatic carbocycles. The van der Waals surface area contributed by atoms with Gasteiger partial charge in [0.1, 0.15) is 0 Å². The largest absolute Gasteiger partial charge is 0.493 e. The van der Waals surface area contributed by atoms with Crippen molar-refractivity contribution in [1.29, 1.82) is 0 Å². The number of carbonyl (C=O) groups excluding carboxylic acids is 1. The van der Waals surface area contributed by atoms with Crippen LogP contribution in [-0.2, 0) is 0 Å². The van der Waals surface area contributed by atoms with Crippen LogP contribution in [0.25, 0.3) is 0 Å². The van der Waals surface area contributed by atoms with Crippen LogP contribution in [0.3, 0.4) is 0 Å². The summed E-state index contributed by atoms with van der Waals surface area (Å²) in [5.41, 5.74) is 6.83. The van der Waals surface area contributed by atoms with Gasteiger partial charge in [-0.3, -0.25) is 4.79 Å². The van der Waals surface area contributed by atoms with Gasteiger partial charge in [0.2, 0.25) is 0 Å². The van der Waals surface area contributed by atoms with Crippen molar-refractivity contribution in [2.24, 2.45) is 0 Å². The molecule has 104 valence electrons. The van der Waals surface area contributed by atoms with E-state index in [9.17, 15) is 4.79 Å². The van der Waals surface area contributed by atoms with Crippen LogP contribution in [-0.4, -0.2) is 49.6 Å². The van der Waals surface area contributed by atoms with Crippen LogP contribution in [0, 0.1) is 0 Å². The smallest absolute Gasteiger partial charge is 0.256 e. The number of nitrogen functional groups attached to an aromatic ring is 1. The minimum absolute atomic E-state index is 0.0428. The summed E-state index contributed by atoms with van der Waals surface area (Å²) in [5, 5.41) is 0. The Hall–Kier alpha value is -1.56. The van der Waals surface area contributed by atoms with Crippen molar-refractivity contribution in [1.82, 2.24) is 4.90 Å². The molecule has 2 rings (SSSR count). The monoisotopic (exact) mass is 282 g/mol. The summed E-state index contributed by atoms with van der Waals surface area (Å²) in [4.78, 5) is 14.3. The summed E-state index contributed by atoms with van der Waals surface area (Å²) in [5.74, 6) is 2.95. The van der Waals surface area contributed by atoms with E-state index in [1.165, 1.54) is 0 Å². The van der Waals surface area contributed by atoms with Crippen molar-refractivity contribution in [3.8, 4) is 11.5 Å². The SMILES string of the molecule is COc1cc(N)c(C(=O)N2CCSCC2)cc1OC. The zero-order chi connectivity index (χ0) is 13.8. The lowest BCUT2D eigenvalue weighted by Crippen LogP contribution is -2.38. The van der Waals surface area contributed by atoms with Gasteiger partial charge >= 0.3 is 0 Å². The van der Waals surface area contributed by atoms with Gasteiger partial charge in [-0.15, -0.1) is 0 Å². The van der Waals surface area contributed by atoms with Crippen molar-refractivity contribution < 1.29 is 14.3 Å². The van der Waals surface area contributed by atoms with Gasteiger partial charge in [0, 0.05) is 36.3 Å². The first kappa shape index (κ1) is 13.9. The van der Waals surface area contributed by atoms with Crippen LogP contribution in [0.5, 0.6) is 11.5 Å². The number of hydrogen-bond donors (Lipinski definition) is 1. The van der Waals surface area contributed by atoms with Crippen molar-refractivity contribution in [2.45, 2.75) is 0 Å². The molecule has 0 unspecified atom stereocenters. The van der Waals surface area contributed by atoms with Gasteiger partial charge in [-0.05, 0) is 6.07 Å². The molecule has 0 saturated carbocycles. The van der Waals surface area contributed by atoms with E-state index in [1.807, 2.05) is 16.7 Å². The van der Waals surface area contributed by atoms with Gasteiger partial charge in [0.15, 0.2) is 11.5 Å². The molecule has 1 saturated heterocycles. The van der Waals surface area contributed by atoms with Gasteiger partial charge in [-0.25, -0.2) is 0 Å². The summed E-state index contributed by atoms with van der Waals surface area (Å²) < 4.78 is 10.4. The number of benzene rings is 1. The van der Waals surface area contributed by atoms with Crippen LogP contribution < -0.4 is 15.2 Å². The molecule has 0 aromatic heterocycles. The van der Waals surface area contributed by atoms with E-state index < -0.39 is 0 Å². The summed E-state index contributed by atoms with van der Waals surface area (Å²) in [6.07, 6.45) is 0. The first-order valence-electron chi connectivity index (χ1n) is 6.06. The Morgan fingerprint density at radius 3 is 2.37 bits per heavy atom. The fraction of sp³-hybridized carbons (Fsp3) is 0.462. The molecular weight excluding hydrogens is 264 g/mol. The topological polar surface area (TPSA) is 64.8 Å². The first-order chi connectivity index (χ1) is 9.17. The van der Waals surface area contributed by atoms with E-state index in [0.29, 0.717) is 22.7 Å². The second-order valence-electron chi connectivity index (χ2n) is 4.20. The molecule has 0 bridgehead atoms. The maximum absolute atomic E-state index is 12.4. The van der Waals surface area contributed by atoms with Crippen molar-refractivity contribution >= 4 is 23.4 Å². The quantitative estimate of drug-likeness (QED) is 0.851. The number of carbonyl (C=O) groups is 1. The van der Waals surface area contributed by atoms with Gasteiger partial charge in [-0.2, -0.15) is 11.8 Å². The van der Waals surface area contributed by atoms with Crippen LogP contribution >= 0.6 is 11.8 Å². The van der Waals surface area contributed by atoms with E-state index in [2.05, 4.69) is 0 Å². The average Bonchev–Trinajstić information content (AvgIpc) is 2.47. The Labute approximate surface area is 117 Å². The molecule has 0 radical (unpaired) electrons. The fourth-order valence-electron chi connectivity index (χ4n) is 2.02. The number of anilines is 1. The van der Waals surface area contributed by atoms with Gasteiger partial charge in [0.05, 0.1) is 19.8 Å². The zero-order valence-electron chi connectivity index (χ0n) is 11.1. The number of nitrogens with zero attached hydrogens (tertiary/aromatic N) is 1. The molecule has 0 spiro atoms. The third-order valence-electron chi connectivity index (χ3n) is 3.08. The summed E-state index contributed by atoms with van der Waals surface area (Å²) >= 11 is 1.86. The van der Waals surface area contributed by atoms with Gasteiger partial charge < -0.3 is 20.1 Å². The lowest BCUT2D eigenvalue weighted by atomic mass is 10.1. The number of thioether (sulfide) groups is 1. The van der Waals surface area contributed by atoms with Crippen molar-refractivity contribution in [3.63, 3.8) is 0 Å². The molecule has 19 heavy (non-hydrogen) atoms. The second kappa shape index (κ2) is 6.06. The fourth-order valence-corrected chi connectivity index (χ4v) is 2.92. The van der Waals surface area contributed by atoms with E-state index in [-0.39, 0.29) is 5.91 Å². The number of rotatable bonds is 3. The highest BCUT2D eigenvalue weighted by Crippen LogP contribution is 2.32. The Bertz CT molecular complexity index is 473. The lowest BCUT2D eigenvalue weighted by molar-refractivity contribution is 0.0773. The Morgan fingerprint density at radius 2 is 1.79 bits per heavy atom. The highest BCUT2D eigenvalue weighted by atomic mass is 32.2. The van der Waals surface area contributed by atoms with Crippen molar-refractivity contribution in [3.05, 3.63) is 17.7 Å². The maximum Gasteiger partial charge on any atom is 0.256 e. The third-order valence-corrected chi connectivity index (χ3v) is 4.03. The lowest BCUT2D eigenvalue weighted by Gasteiger charge is -2.27. The zero-order valence-corrected chi connectivity index (χ0v) is 12.0. The van der Waals surface area contributed by atoms with E-state index >= 15 is 0 Å². The second-order valence-corrected chi connectivity index (χ2v) is 5.42. The average molecular weight is 282 g/mol. The van der Waals surface area contributed by atoms with Crippen LogP contribution in [0.1, 0.15) is 10.4 Å². The van der Waals surface area contributed by atoms with Crippen LogP contribution in [0.2, 0.25) is 0 Å². The molecule has 6 heteroatoms. The van der Waals surface area contributed by atoms with E-state index in [4.69, 9.17) is 15.2 Å². The summed E-state index contributed by atoms with van der Waals surface area (Å²) in [7, 11) is 3.08. The highest BCUT2D eigenvalue weighted by molar-refractivity contribution is 7.99. The molecule has 5 nitrogen and oxygen atoms in total. The normalized spacial score (nSPS) is 15.2. The molecule has 1 heterocycles. The van der Waals surface area contributed by atoms with Crippen LogP contribution in [0.15, 0.2) is 12.1 Å². The molecule has 0 aliphatic carbocycles. The molecule has 1 aliphatic heterocycles. The molecule has 0 atom stereocenters. The number of ether oxygens (including phenoxy) is 2. The standard InChI is InChI=1S/C13H18N2O3S/c1-17-11-7-9(10(14)8-12(11)18-2)13(16)15-3-5-19-6-4-15/h7-8H,3-6,14H2,1-2H3. The summed E-state index contributed by atoms with van der Waals surface area (Å²) in [6.45, 7) is 1.52. The number of nitrogens with two attached hydrogens (primary N) is 1. The molecular formula is C13H18N2O3S. The maximum atomic E-state index is 12.4. The first-order valence-corrected chi connectivity index (χ1v) is 7.21. The van der Waals surface area contributed by atoms with Crippen molar-refractivity contribution in [2.75, 3.05) is 44.5 Å². The third kappa shape index (κ3) is 2.89. The van der Waals surface area contributed by atoms with E-state index in [0.717, 1.165) is 24.6 Å². The predicted molar refractivity (Wildman–Crippen MR) is 77.2 cm³/mol. The highest BCUT2D eigenvalue weighted by Gasteiger charge is 2.22. The number of methoxy groups -OCH3 is 2. The Morgan fingerprint density at radius 1 is 1.21 bits per heavy atom. The summed E-state index contributed by atoms with van der Waals surface area (Å²) in [6, 6.07) is 3.28. The molecule has 2 N–H and O–H groups in total. The minimum Gasteiger partial charge on any atom is -0.493 e. The molecule has 1 aromatic rings. The van der Waals surface area contributed by atoms with Gasteiger partial charge in [0.25, 0.3) is 5.91 Å². The van der Waals surface area contributed by atoms with Gasteiger partial charge in [-0.1, -0.05) is 0 Å².